The second-order valence-electron chi connectivity index (χ2n) is 3.93. The van der Waals surface area contributed by atoms with Gasteiger partial charge in [-0.05, 0) is 24.1 Å². The van der Waals surface area contributed by atoms with E-state index >= 15 is 0 Å². The molecule has 1 aromatic heterocycles. The summed E-state index contributed by atoms with van der Waals surface area (Å²) in [5.41, 5.74) is 6.93. The fourth-order valence-corrected chi connectivity index (χ4v) is 2.29. The zero-order chi connectivity index (χ0) is 13.0. The molecular formula is C13H15N3OS. The topological polar surface area (TPSA) is 71.8 Å². The smallest absolute Gasteiger partial charge is 0.251 e. The molecule has 0 spiro atoms. The predicted octanol–water partition coefficient (Wildman–Crippen LogP) is 2.33. The molecule has 18 heavy (non-hydrogen) atoms. The predicted molar refractivity (Wildman–Crippen MR) is 72.6 cm³/mol. The Kier molecular flexibility index (Phi) is 4.17. The molecule has 1 heterocycles. The minimum Gasteiger partial charge on any atom is -0.324 e. The Hall–Kier alpha value is -1.59. The summed E-state index contributed by atoms with van der Waals surface area (Å²) >= 11 is 1.42. The molecule has 1 aromatic carbocycles. The van der Waals surface area contributed by atoms with Crippen LogP contribution in [0.15, 0.2) is 51.4 Å². The van der Waals surface area contributed by atoms with Crippen molar-refractivity contribution in [3.63, 3.8) is 0 Å². The summed E-state index contributed by atoms with van der Waals surface area (Å²) in [5, 5.41) is 0.593. The van der Waals surface area contributed by atoms with Crippen LogP contribution in [0.2, 0.25) is 0 Å². The van der Waals surface area contributed by atoms with E-state index in [0.717, 1.165) is 16.9 Å². The first kappa shape index (κ1) is 12.9. The van der Waals surface area contributed by atoms with E-state index in [1.807, 2.05) is 24.3 Å². The van der Waals surface area contributed by atoms with Gasteiger partial charge in [-0.25, -0.2) is 4.98 Å². The molecule has 0 aliphatic rings. The van der Waals surface area contributed by atoms with E-state index in [1.54, 1.807) is 0 Å². The van der Waals surface area contributed by atoms with E-state index in [-0.39, 0.29) is 11.6 Å². The van der Waals surface area contributed by atoms with Crippen molar-refractivity contribution in [3.05, 3.63) is 52.4 Å². The lowest BCUT2D eigenvalue weighted by Crippen LogP contribution is -2.08. The number of aromatic amines is 1. The van der Waals surface area contributed by atoms with Crippen molar-refractivity contribution in [1.82, 2.24) is 9.97 Å². The van der Waals surface area contributed by atoms with E-state index in [2.05, 4.69) is 16.9 Å². The average molecular weight is 261 g/mol. The average Bonchev–Trinajstić information content (AvgIpc) is 2.39. The molecule has 2 aromatic rings. The van der Waals surface area contributed by atoms with Gasteiger partial charge in [-0.3, -0.25) is 4.79 Å². The van der Waals surface area contributed by atoms with Crippen LogP contribution in [0.1, 0.15) is 24.9 Å². The minimum atomic E-state index is -0.142. The van der Waals surface area contributed by atoms with Crippen molar-refractivity contribution >= 4 is 11.8 Å². The Bertz CT molecular complexity index is 565. The van der Waals surface area contributed by atoms with E-state index < -0.39 is 0 Å². The summed E-state index contributed by atoms with van der Waals surface area (Å²) in [7, 11) is 0. The largest absolute Gasteiger partial charge is 0.324 e. The number of nitrogens with one attached hydrogen (secondary N) is 1. The van der Waals surface area contributed by atoms with E-state index in [9.17, 15) is 4.79 Å². The molecule has 0 aliphatic carbocycles. The van der Waals surface area contributed by atoms with Crippen LogP contribution < -0.4 is 11.3 Å². The number of rotatable bonds is 4. The van der Waals surface area contributed by atoms with Gasteiger partial charge in [0.25, 0.3) is 5.56 Å². The standard InChI is InChI=1S/C13H15N3OS/c1-2-11(14)9-3-5-10(6-4-9)18-13-15-8-7-12(17)16-13/h3-8,11H,2,14H2,1H3,(H,15,16,17)/t11-/m1/s1. The van der Waals surface area contributed by atoms with Gasteiger partial charge in [0, 0.05) is 23.2 Å². The lowest BCUT2D eigenvalue weighted by atomic mass is 10.1. The number of hydrogen-bond acceptors (Lipinski definition) is 4. The SMILES string of the molecule is CC[C@@H](N)c1ccc(Sc2nccc(=O)[nH]2)cc1. The van der Waals surface area contributed by atoms with Gasteiger partial charge in [0.05, 0.1) is 0 Å². The highest BCUT2D eigenvalue weighted by Gasteiger charge is 2.04. The number of H-pyrrole nitrogens is 1. The van der Waals surface area contributed by atoms with Crippen LogP contribution in [0.5, 0.6) is 0 Å². The normalized spacial score (nSPS) is 12.3. The summed E-state index contributed by atoms with van der Waals surface area (Å²) in [4.78, 5) is 18.9. The molecule has 3 N–H and O–H groups in total. The maximum atomic E-state index is 11.1. The summed E-state index contributed by atoms with van der Waals surface area (Å²) in [6.07, 6.45) is 2.42. The molecule has 0 radical (unpaired) electrons. The van der Waals surface area contributed by atoms with Crippen molar-refractivity contribution in [3.8, 4) is 0 Å². The maximum Gasteiger partial charge on any atom is 0.251 e. The van der Waals surface area contributed by atoms with Crippen molar-refractivity contribution in [2.24, 2.45) is 5.73 Å². The molecule has 94 valence electrons. The summed E-state index contributed by atoms with van der Waals surface area (Å²) in [5.74, 6) is 0. The van der Waals surface area contributed by atoms with Crippen LogP contribution in [0.4, 0.5) is 0 Å². The highest BCUT2D eigenvalue weighted by atomic mass is 32.2. The van der Waals surface area contributed by atoms with Crippen molar-refractivity contribution in [2.45, 2.75) is 29.4 Å². The van der Waals surface area contributed by atoms with E-state index in [0.29, 0.717) is 5.16 Å². The molecule has 2 rings (SSSR count). The Morgan fingerprint density at radius 1 is 1.33 bits per heavy atom. The Morgan fingerprint density at radius 2 is 2.06 bits per heavy atom. The molecular weight excluding hydrogens is 246 g/mol. The van der Waals surface area contributed by atoms with Gasteiger partial charge in [0.1, 0.15) is 0 Å². The molecule has 4 nitrogen and oxygen atoms in total. The second kappa shape index (κ2) is 5.84. The molecule has 1 atom stereocenters. The lowest BCUT2D eigenvalue weighted by Gasteiger charge is -2.09. The van der Waals surface area contributed by atoms with Crippen LogP contribution in [-0.2, 0) is 0 Å². The van der Waals surface area contributed by atoms with Crippen molar-refractivity contribution in [2.75, 3.05) is 0 Å². The van der Waals surface area contributed by atoms with Crippen LogP contribution >= 0.6 is 11.8 Å². The Labute approximate surface area is 110 Å². The van der Waals surface area contributed by atoms with Crippen molar-refractivity contribution < 1.29 is 0 Å². The number of aromatic nitrogens is 2. The first-order valence-corrected chi connectivity index (χ1v) is 6.59. The van der Waals surface area contributed by atoms with Crippen molar-refractivity contribution in [1.29, 1.82) is 0 Å². The highest BCUT2D eigenvalue weighted by molar-refractivity contribution is 7.99. The molecule has 0 saturated carbocycles. The molecule has 0 amide bonds. The fourth-order valence-electron chi connectivity index (χ4n) is 1.53. The number of nitrogens with zero attached hydrogens (tertiary/aromatic N) is 1. The van der Waals surface area contributed by atoms with Gasteiger partial charge >= 0.3 is 0 Å². The summed E-state index contributed by atoms with van der Waals surface area (Å²) in [6.45, 7) is 2.06. The van der Waals surface area contributed by atoms with Gasteiger partial charge in [-0.1, -0.05) is 30.8 Å². The Balaban J connectivity index is 2.13. The second-order valence-corrected chi connectivity index (χ2v) is 4.99. The van der Waals surface area contributed by atoms with Crippen LogP contribution in [0.25, 0.3) is 0 Å². The quantitative estimate of drug-likeness (QED) is 0.829. The zero-order valence-corrected chi connectivity index (χ0v) is 10.9. The van der Waals surface area contributed by atoms with Gasteiger partial charge in [-0.15, -0.1) is 0 Å². The monoisotopic (exact) mass is 261 g/mol. The van der Waals surface area contributed by atoms with Gasteiger partial charge in [0.15, 0.2) is 5.16 Å². The summed E-state index contributed by atoms with van der Waals surface area (Å²) < 4.78 is 0. The molecule has 5 heteroatoms. The summed E-state index contributed by atoms with van der Waals surface area (Å²) in [6, 6.07) is 9.48. The highest BCUT2D eigenvalue weighted by Crippen LogP contribution is 2.25. The molecule has 0 bridgehead atoms. The van der Waals surface area contributed by atoms with Crippen LogP contribution in [0.3, 0.4) is 0 Å². The molecule has 0 fully saturated rings. The van der Waals surface area contributed by atoms with Crippen LogP contribution in [-0.4, -0.2) is 9.97 Å². The first-order chi connectivity index (χ1) is 8.69. The number of hydrogen-bond donors (Lipinski definition) is 2. The molecule has 0 unspecified atom stereocenters. The zero-order valence-electron chi connectivity index (χ0n) is 10.1. The number of nitrogens with two attached hydrogens (primary N) is 1. The molecule has 0 saturated heterocycles. The van der Waals surface area contributed by atoms with Gasteiger partial charge in [-0.2, -0.15) is 0 Å². The molecule has 0 aliphatic heterocycles. The first-order valence-electron chi connectivity index (χ1n) is 5.77. The third kappa shape index (κ3) is 3.21. The fraction of sp³-hybridized carbons (Fsp3) is 0.231. The van der Waals surface area contributed by atoms with E-state index in [4.69, 9.17) is 5.73 Å². The van der Waals surface area contributed by atoms with Gasteiger partial charge < -0.3 is 10.7 Å². The Morgan fingerprint density at radius 3 is 2.67 bits per heavy atom. The minimum absolute atomic E-state index is 0.0821. The van der Waals surface area contributed by atoms with Gasteiger partial charge in [0.2, 0.25) is 0 Å². The number of benzene rings is 1. The van der Waals surface area contributed by atoms with E-state index in [1.165, 1.54) is 24.0 Å². The third-order valence-electron chi connectivity index (χ3n) is 2.61. The van der Waals surface area contributed by atoms with Crippen LogP contribution in [0, 0.1) is 0 Å². The third-order valence-corrected chi connectivity index (χ3v) is 3.52. The lowest BCUT2D eigenvalue weighted by molar-refractivity contribution is 0.698. The maximum absolute atomic E-state index is 11.1.